The summed E-state index contributed by atoms with van der Waals surface area (Å²) in [5.41, 5.74) is -0.0551. The molecule has 6 heteroatoms. The number of carbonyl (C=O) groups excluding carboxylic acids is 1. The smallest absolute Gasteiger partial charge is 0.262 e. The van der Waals surface area contributed by atoms with Crippen LogP contribution in [0.1, 0.15) is 5.76 Å². The van der Waals surface area contributed by atoms with Crippen molar-refractivity contribution in [2.75, 3.05) is 12.3 Å². The molecule has 0 bridgehead atoms. The molecule has 1 N–H and O–H groups in total. The van der Waals surface area contributed by atoms with Crippen molar-refractivity contribution in [1.82, 2.24) is 5.32 Å². The molecule has 112 valence electrons. The number of rotatable bonds is 6. The van der Waals surface area contributed by atoms with Crippen LogP contribution in [0.5, 0.6) is 0 Å². The fourth-order valence-corrected chi connectivity index (χ4v) is 2.69. The topological polar surface area (TPSA) is 83.1 Å². The van der Waals surface area contributed by atoms with Crippen molar-refractivity contribution in [1.29, 1.82) is 5.26 Å². The molecule has 0 aliphatic rings. The third-order valence-electron chi connectivity index (χ3n) is 2.77. The molecule has 0 saturated heterocycles. The first kappa shape index (κ1) is 15.7. The van der Waals surface area contributed by atoms with Gasteiger partial charge in [-0.15, -0.1) is 0 Å². The Morgan fingerprint density at radius 3 is 2.68 bits per heavy atom. The number of furan rings is 1. The molecular weight excluding hydrogens is 300 g/mol. The van der Waals surface area contributed by atoms with E-state index in [1.807, 2.05) is 24.3 Å². The van der Waals surface area contributed by atoms with Crippen molar-refractivity contribution < 1.29 is 13.4 Å². The van der Waals surface area contributed by atoms with Crippen LogP contribution in [0.3, 0.4) is 0 Å². The summed E-state index contributed by atoms with van der Waals surface area (Å²) in [4.78, 5) is 12.6. The summed E-state index contributed by atoms with van der Waals surface area (Å²) in [7, 11) is -1.18. The van der Waals surface area contributed by atoms with Crippen LogP contribution in [0, 0.1) is 11.3 Å². The highest BCUT2D eigenvalue weighted by Crippen LogP contribution is 2.07. The van der Waals surface area contributed by atoms with Crippen molar-refractivity contribution in [2.45, 2.75) is 4.90 Å². The first-order chi connectivity index (χ1) is 10.7. The average Bonchev–Trinajstić information content (AvgIpc) is 3.06. The number of nitriles is 1. The Bertz CT molecular complexity index is 716. The summed E-state index contributed by atoms with van der Waals surface area (Å²) in [6, 6.07) is 14.2. The third-order valence-corrected chi connectivity index (χ3v) is 4.15. The molecule has 0 saturated carbocycles. The van der Waals surface area contributed by atoms with Gasteiger partial charge in [-0.25, -0.2) is 0 Å². The third kappa shape index (κ3) is 4.43. The van der Waals surface area contributed by atoms with Gasteiger partial charge in [0.25, 0.3) is 5.91 Å². The van der Waals surface area contributed by atoms with Gasteiger partial charge in [-0.3, -0.25) is 9.00 Å². The molecule has 0 radical (unpaired) electrons. The quantitative estimate of drug-likeness (QED) is 0.654. The molecule has 2 aromatic rings. The van der Waals surface area contributed by atoms with Crippen LogP contribution in [0.15, 0.2) is 63.6 Å². The second-order valence-corrected chi connectivity index (χ2v) is 5.87. The molecule has 5 nitrogen and oxygen atoms in total. The van der Waals surface area contributed by atoms with E-state index < -0.39 is 16.7 Å². The first-order valence-corrected chi connectivity index (χ1v) is 7.89. The van der Waals surface area contributed by atoms with E-state index >= 15 is 0 Å². The predicted octanol–water partition coefficient (Wildman–Crippen LogP) is 2.11. The van der Waals surface area contributed by atoms with Gasteiger partial charge in [0.1, 0.15) is 17.4 Å². The molecule has 22 heavy (non-hydrogen) atoms. The molecule has 1 aromatic heterocycles. The van der Waals surface area contributed by atoms with Crippen LogP contribution in [0.4, 0.5) is 0 Å². The Morgan fingerprint density at radius 2 is 2.05 bits per heavy atom. The second-order valence-electron chi connectivity index (χ2n) is 4.30. The van der Waals surface area contributed by atoms with Crippen molar-refractivity contribution in [3.63, 3.8) is 0 Å². The van der Waals surface area contributed by atoms with E-state index in [1.54, 1.807) is 24.3 Å². The van der Waals surface area contributed by atoms with Gasteiger partial charge in [0.15, 0.2) is 0 Å². The fourth-order valence-electron chi connectivity index (χ4n) is 1.71. The Morgan fingerprint density at radius 1 is 1.27 bits per heavy atom. The maximum Gasteiger partial charge on any atom is 0.262 e. The van der Waals surface area contributed by atoms with Gasteiger partial charge in [-0.05, 0) is 24.3 Å². The summed E-state index contributed by atoms with van der Waals surface area (Å²) in [6.45, 7) is 0.220. The molecule has 0 aliphatic carbocycles. The van der Waals surface area contributed by atoms with Crippen molar-refractivity contribution >= 4 is 22.8 Å². The van der Waals surface area contributed by atoms with Crippen LogP contribution >= 0.6 is 0 Å². The van der Waals surface area contributed by atoms with Crippen LogP contribution in [0.2, 0.25) is 0 Å². The number of nitrogens with one attached hydrogen (secondary N) is 1. The minimum absolute atomic E-state index is 0.0551. The zero-order chi connectivity index (χ0) is 15.8. The van der Waals surface area contributed by atoms with E-state index in [-0.39, 0.29) is 17.9 Å². The average molecular weight is 314 g/mol. The molecule has 1 atom stereocenters. The largest absolute Gasteiger partial charge is 0.465 e. The number of amides is 1. The maximum absolute atomic E-state index is 12.0. The van der Waals surface area contributed by atoms with Crippen molar-refractivity contribution in [3.8, 4) is 6.07 Å². The summed E-state index contributed by atoms with van der Waals surface area (Å²) in [5, 5.41) is 11.6. The van der Waals surface area contributed by atoms with E-state index in [0.29, 0.717) is 10.7 Å². The molecule has 0 fully saturated rings. The molecule has 0 unspecified atom stereocenters. The Labute approximate surface area is 130 Å². The van der Waals surface area contributed by atoms with Crippen molar-refractivity contribution in [3.05, 3.63) is 60.1 Å². The Balaban J connectivity index is 1.87. The van der Waals surface area contributed by atoms with E-state index in [2.05, 4.69) is 5.32 Å². The van der Waals surface area contributed by atoms with Gasteiger partial charge in [0, 0.05) is 23.3 Å². The molecule has 2 rings (SSSR count). The minimum Gasteiger partial charge on any atom is -0.465 e. The van der Waals surface area contributed by atoms with Crippen LogP contribution in [-0.4, -0.2) is 22.4 Å². The zero-order valence-corrected chi connectivity index (χ0v) is 12.5. The summed E-state index contributed by atoms with van der Waals surface area (Å²) < 4.78 is 17.0. The number of carbonyl (C=O) groups is 1. The lowest BCUT2D eigenvalue weighted by molar-refractivity contribution is -0.116. The molecule has 1 aromatic carbocycles. The summed E-state index contributed by atoms with van der Waals surface area (Å²) >= 11 is 0. The highest BCUT2D eigenvalue weighted by atomic mass is 32.2. The molecular formula is C16H14N2O3S. The standard InChI is InChI=1S/C16H14N2O3S/c17-12-13(11-14-5-4-9-21-14)16(19)18-8-10-22(20)15-6-2-1-3-7-15/h1-7,9,11H,8,10H2,(H,18,19)/b13-11-/t22-/m0/s1. The summed E-state index contributed by atoms with van der Waals surface area (Å²) in [6.07, 6.45) is 2.82. The predicted molar refractivity (Wildman–Crippen MR) is 83.0 cm³/mol. The van der Waals surface area contributed by atoms with Gasteiger partial charge in [0.2, 0.25) is 0 Å². The SMILES string of the molecule is N#C/C(=C/c1ccco1)C(=O)NCC[S@](=O)c1ccccc1. The second kappa shape index (κ2) is 7.96. The lowest BCUT2D eigenvalue weighted by atomic mass is 10.2. The zero-order valence-electron chi connectivity index (χ0n) is 11.7. The van der Waals surface area contributed by atoms with Crippen molar-refractivity contribution in [2.24, 2.45) is 0 Å². The van der Waals surface area contributed by atoms with Crippen LogP contribution < -0.4 is 5.32 Å². The highest BCUT2D eigenvalue weighted by molar-refractivity contribution is 7.85. The lowest BCUT2D eigenvalue weighted by Crippen LogP contribution is -2.28. The van der Waals surface area contributed by atoms with Crippen LogP contribution in [0.25, 0.3) is 6.08 Å². The molecule has 0 aliphatic heterocycles. The Hall–Kier alpha value is -2.65. The minimum atomic E-state index is -1.18. The normalized spacial score (nSPS) is 12.4. The molecule has 0 spiro atoms. The van der Waals surface area contributed by atoms with Gasteiger partial charge in [-0.2, -0.15) is 5.26 Å². The monoisotopic (exact) mass is 314 g/mol. The maximum atomic E-state index is 12.0. The van der Waals surface area contributed by atoms with E-state index in [4.69, 9.17) is 9.68 Å². The van der Waals surface area contributed by atoms with E-state index in [0.717, 1.165) is 0 Å². The van der Waals surface area contributed by atoms with E-state index in [9.17, 15) is 9.00 Å². The lowest BCUT2D eigenvalue weighted by Gasteiger charge is -2.04. The van der Waals surface area contributed by atoms with Gasteiger partial charge in [-0.1, -0.05) is 18.2 Å². The molecule has 1 heterocycles. The van der Waals surface area contributed by atoms with Gasteiger partial charge in [0.05, 0.1) is 17.1 Å². The van der Waals surface area contributed by atoms with Gasteiger partial charge >= 0.3 is 0 Å². The van der Waals surface area contributed by atoms with E-state index in [1.165, 1.54) is 12.3 Å². The fraction of sp³-hybridized carbons (Fsp3) is 0.125. The number of hydrogen-bond donors (Lipinski definition) is 1. The summed E-state index contributed by atoms with van der Waals surface area (Å²) in [5.74, 6) is 0.207. The highest BCUT2D eigenvalue weighted by Gasteiger charge is 2.10. The molecule has 1 amide bonds. The number of nitrogens with zero attached hydrogens (tertiary/aromatic N) is 1. The van der Waals surface area contributed by atoms with Gasteiger partial charge < -0.3 is 9.73 Å². The number of hydrogen-bond acceptors (Lipinski definition) is 4. The Kier molecular flexibility index (Phi) is 5.69. The number of benzene rings is 1. The first-order valence-electron chi connectivity index (χ1n) is 6.57. The van der Waals surface area contributed by atoms with Crippen LogP contribution in [-0.2, 0) is 15.6 Å².